The van der Waals surface area contributed by atoms with E-state index in [-0.39, 0.29) is 22.0 Å². The molecule has 1 saturated carbocycles. The van der Waals surface area contributed by atoms with Crippen LogP contribution in [0.2, 0.25) is 5.02 Å². The first kappa shape index (κ1) is 13.6. The van der Waals surface area contributed by atoms with Gasteiger partial charge in [0.1, 0.15) is 5.75 Å². The number of rotatable bonds is 4. The molecule has 1 aromatic carbocycles. The molecule has 1 amide bonds. The number of hydrogen-bond donors (Lipinski definition) is 2. The number of halogens is 1. The van der Waals surface area contributed by atoms with Gasteiger partial charge in [0.25, 0.3) is 5.91 Å². The van der Waals surface area contributed by atoms with E-state index in [9.17, 15) is 9.90 Å². The zero-order valence-electron chi connectivity index (χ0n) is 10.2. The molecular weight excluding hydrogens is 270 g/mol. The van der Waals surface area contributed by atoms with Crippen molar-refractivity contribution in [1.82, 2.24) is 5.32 Å². The van der Waals surface area contributed by atoms with Crippen molar-refractivity contribution in [2.45, 2.75) is 24.0 Å². The summed E-state index contributed by atoms with van der Waals surface area (Å²) < 4.78 is 0.184. The zero-order valence-corrected chi connectivity index (χ0v) is 11.8. The summed E-state index contributed by atoms with van der Waals surface area (Å²) in [5.41, 5.74) is 0.234. The molecule has 0 aromatic heterocycles. The average molecular weight is 286 g/mol. The molecule has 0 saturated heterocycles. The Morgan fingerprint density at radius 2 is 2.28 bits per heavy atom. The molecule has 0 radical (unpaired) electrons. The summed E-state index contributed by atoms with van der Waals surface area (Å²) in [7, 11) is 0. The molecule has 2 rings (SSSR count). The number of thioether (sulfide) groups is 1. The lowest BCUT2D eigenvalue weighted by Crippen LogP contribution is -2.45. The molecule has 18 heavy (non-hydrogen) atoms. The Morgan fingerprint density at radius 1 is 1.56 bits per heavy atom. The van der Waals surface area contributed by atoms with E-state index in [1.165, 1.54) is 18.6 Å². The average Bonchev–Trinajstić information content (AvgIpc) is 2.31. The summed E-state index contributed by atoms with van der Waals surface area (Å²) in [5.74, 6) is -0.306. The first-order valence-corrected chi connectivity index (χ1v) is 7.48. The predicted molar refractivity (Wildman–Crippen MR) is 75.5 cm³/mol. The standard InChI is InChI=1S/C13H16ClNO2S/c1-18-13(5-2-6-13)8-15-12(17)10-7-9(14)3-4-11(10)16/h3-4,7,16H,2,5-6,8H2,1H3,(H,15,17). The summed E-state index contributed by atoms with van der Waals surface area (Å²) in [5, 5.41) is 13.0. The van der Waals surface area contributed by atoms with Gasteiger partial charge in [0, 0.05) is 16.3 Å². The van der Waals surface area contributed by atoms with Gasteiger partial charge in [-0.05, 0) is 37.3 Å². The number of aromatic hydroxyl groups is 1. The Hall–Kier alpha value is -0.870. The van der Waals surface area contributed by atoms with Gasteiger partial charge in [-0.1, -0.05) is 18.0 Å². The molecule has 0 spiro atoms. The molecule has 0 heterocycles. The molecule has 0 bridgehead atoms. The monoisotopic (exact) mass is 285 g/mol. The van der Waals surface area contributed by atoms with Crippen LogP contribution >= 0.6 is 23.4 Å². The second kappa shape index (κ2) is 5.41. The van der Waals surface area contributed by atoms with Gasteiger partial charge in [-0.2, -0.15) is 11.8 Å². The van der Waals surface area contributed by atoms with Crippen LogP contribution in [0, 0.1) is 0 Å². The molecule has 5 heteroatoms. The fraction of sp³-hybridized carbons (Fsp3) is 0.462. The number of carbonyl (C=O) groups is 1. The van der Waals surface area contributed by atoms with Crippen molar-refractivity contribution < 1.29 is 9.90 Å². The van der Waals surface area contributed by atoms with Gasteiger partial charge in [0.05, 0.1) is 5.56 Å². The van der Waals surface area contributed by atoms with E-state index in [1.807, 2.05) is 0 Å². The highest BCUT2D eigenvalue weighted by molar-refractivity contribution is 8.00. The lowest BCUT2D eigenvalue weighted by atomic mass is 9.84. The summed E-state index contributed by atoms with van der Waals surface area (Å²) in [4.78, 5) is 12.0. The van der Waals surface area contributed by atoms with Crippen LogP contribution in [0.3, 0.4) is 0 Å². The molecule has 0 aliphatic heterocycles. The first-order chi connectivity index (χ1) is 8.56. The van der Waals surface area contributed by atoms with Crippen LogP contribution in [-0.2, 0) is 0 Å². The molecule has 3 nitrogen and oxygen atoms in total. The lowest BCUT2D eigenvalue weighted by Gasteiger charge is -2.40. The summed E-state index contributed by atoms with van der Waals surface area (Å²) >= 11 is 7.62. The van der Waals surface area contributed by atoms with Gasteiger partial charge in [-0.15, -0.1) is 0 Å². The smallest absolute Gasteiger partial charge is 0.255 e. The molecule has 1 aliphatic carbocycles. The maximum absolute atomic E-state index is 12.0. The largest absolute Gasteiger partial charge is 0.507 e. The second-order valence-corrected chi connectivity index (χ2v) is 6.30. The molecular formula is C13H16ClNO2S. The minimum atomic E-state index is -0.268. The molecule has 98 valence electrons. The third kappa shape index (κ3) is 2.75. The topological polar surface area (TPSA) is 49.3 Å². The summed E-state index contributed by atoms with van der Waals surface area (Å²) in [6, 6.07) is 4.48. The van der Waals surface area contributed by atoms with Gasteiger partial charge in [0.2, 0.25) is 0 Å². The van der Waals surface area contributed by atoms with Crippen molar-refractivity contribution in [3.63, 3.8) is 0 Å². The Bertz CT molecular complexity index is 455. The normalized spacial score (nSPS) is 17.0. The predicted octanol–water partition coefficient (Wildman–Crippen LogP) is 3.06. The van der Waals surface area contributed by atoms with Crippen LogP contribution in [-0.4, -0.2) is 28.6 Å². The van der Waals surface area contributed by atoms with Crippen LogP contribution in [0.5, 0.6) is 5.75 Å². The van der Waals surface area contributed by atoms with Crippen LogP contribution < -0.4 is 5.32 Å². The van der Waals surface area contributed by atoms with E-state index in [0.29, 0.717) is 11.6 Å². The fourth-order valence-electron chi connectivity index (χ4n) is 2.05. The molecule has 2 N–H and O–H groups in total. The van der Waals surface area contributed by atoms with E-state index in [1.54, 1.807) is 17.8 Å². The maximum Gasteiger partial charge on any atom is 0.255 e. The number of carbonyl (C=O) groups excluding carboxylic acids is 1. The van der Waals surface area contributed by atoms with Crippen molar-refractivity contribution in [2.75, 3.05) is 12.8 Å². The van der Waals surface area contributed by atoms with Crippen molar-refractivity contribution in [3.8, 4) is 5.75 Å². The highest BCUT2D eigenvalue weighted by Gasteiger charge is 2.36. The van der Waals surface area contributed by atoms with Crippen LogP contribution in [0.25, 0.3) is 0 Å². The van der Waals surface area contributed by atoms with E-state index < -0.39 is 0 Å². The first-order valence-electron chi connectivity index (χ1n) is 5.88. The highest BCUT2D eigenvalue weighted by atomic mass is 35.5. The number of phenols is 1. The van der Waals surface area contributed by atoms with Crippen molar-refractivity contribution in [1.29, 1.82) is 0 Å². The molecule has 1 aliphatic rings. The molecule has 0 atom stereocenters. The maximum atomic E-state index is 12.0. The Balaban J connectivity index is 2.01. The third-order valence-electron chi connectivity index (χ3n) is 3.47. The van der Waals surface area contributed by atoms with Gasteiger partial charge < -0.3 is 10.4 Å². The minimum absolute atomic E-state index is 0.0382. The van der Waals surface area contributed by atoms with E-state index in [4.69, 9.17) is 11.6 Å². The Morgan fingerprint density at radius 3 is 2.83 bits per heavy atom. The zero-order chi connectivity index (χ0) is 13.2. The fourth-order valence-corrected chi connectivity index (χ4v) is 3.14. The summed E-state index contributed by atoms with van der Waals surface area (Å²) in [6.07, 6.45) is 5.56. The van der Waals surface area contributed by atoms with Crippen molar-refractivity contribution in [3.05, 3.63) is 28.8 Å². The third-order valence-corrected chi connectivity index (χ3v) is 5.13. The number of amides is 1. The Labute approximate surface area is 116 Å². The van der Waals surface area contributed by atoms with Crippen molar-refractivity contribution in [2.24, 2.45) is 0 Å². The molecule has 0 unspecified atom stereocenters. The molecule has 1 fully saturated rings. The van der Waals surface area contributed by atoms with E-state index >= 15 is 0 Å². The highest BCUT2D eigenvalue weighted by Crippen LogP contribution is 2.42. The number of phenolic OH excluding ortho intramolecular Hbond substituents is 1. The van der Waals surface area contributed by atoms with Crippen molar-refractivity contribution >= 4 is 29.3 Å². The lowest BCUT2D eigenvalue weighted by molar-refractivity contribution is 0.0941. The van der Waals surface area contributed by atoms with Crippen LogP contribution in [0.4, 0.5) is 0 Å². The number of hydrogen-bond acceptors (Lipinski definition) is 3. The van der Waals surface area contributed by atoms with Gasteiger partial charge in [-0.3, -0.25) is 4.79 Å². The van der Waals surface area contributed by atoms with Gasteiger partial charge in [0.15, 0.2) is 0 Å². The minimum Gasteiger partial charge on any atom is -0.507 e. The number of benzene rings is 1. The summed E-state index contributed by atoms with van der Waals surface area (Å²) in [6.45, 7) is 0.638. The van der Waals surface area contributed by atoms with E-state index in [0.717, 1.165) is 12.8 Å². The number of nitrogens with one attached hydrogen (secondary N) is 1. The van der Waals surface area contributed by atoms with Crippen LogP contribution in [0.1, 0.15) is 29.6 Å². The van der Waals surface area contributed by atoms with Gasteiger partial charge >= 0.3 is 0 Å². The quantitative estimate of drug-likeness (QED) is 0.894. The van der Waals surface area contributed by atoms with Gasteiger partial charge in [-0.25, -0.2) is 0 Å². The van der Waals surface area contributed by atoms with E-state index in [2.05, 4.69) is 11.6 Å². The van der Waals surface area contributed by atoms with Crippen LogP contribution in [0.15, 0.2) is 18.2 Å². The second-order valence-electron chi connectivity index (χ2n) is 4.58. The molecule has 1 aromatic rings. The SMILES string of the molecule is CSC1(CNC(=O)c2cc(Cl)ccc2O)CCC1. The Kier molecular flexibility index (Phi) is 4.07.